The number of benzene rings is 2. The van der Waals surface area contributed by atoms with E-state index in [-0.39, 0.29) is 11.9 Å². The highest BCUT2D eigenvalue weighted by molar-refractivity contribution is 5.95. The molecule has 2 aromatic carbocycles. The number of carboxylic acid groups (broad SMARTS) is 1. The molecular formula is C18H23N5O3. The van der Waals surface area contributed by atoms with E-state index >= 15 is 0 Å². The molecule has 0 radical (unpaired) electrons. The number of guanidine groups is 1. The summed E-state index contributed by atoms with van der Waals surface area (Å²) < 4.78 is 0. The van der Waals surface area contributed by atoms with Crippen molar-refractivity contribution in [2.24, 2.45) is 11.5 Å². The Morgan fingerprint density at radius 2 is 1.50 bits per heavy atom. The number of anilines is 2. The van der Waals surface area contributed by atoms with E-state index in [1.54, 1.807) is 24.3 Å². The number of aliphatic carboxylic acids is 1. The molecule has 1 amide bonds. The van der Waals surface area contributed by atoms with Crippen molar-refractivity contribution in [1.82, 2.24) is 0 Å². The van der Waals surface area contributed by atoms with Gasteiger partial charge in [-0.15, -0.1) is 0 Å². The van der Waals surface area contributed by atoms with E-state index in [0.717, 1.165) is 12.5 Å². The summed E-state index contributed by atoms with van der Waals surface area (Å²) >= 11 is 0. The van der Waals surface area contributed by atoms with Crippen LogP contribution in [0.4, 0.5) is 11.4 Å². The van der Waals surface area contributed by atoms with Crippen molar-refractivity contribution in [3.63, 3.8) is 0 Å². The number of carbonyl (C=O) groups excluding carboxylic acids is 1. The van der Waals surface area contributed by atoms with Crippen LogP contribution in [0.15, 0.2) is 54.6 Å². The van der Waals surface area contributed by atoms with Crippen molar-refractivity contribution in [2.45, 2.75) is 19.4 Å². The first-order chi connectivity index (χ1) is 12.3. The Balaban J connectivity index is 0.000000765. The molecule has 0 aliphatic heterocycles. The van der Waals surface area contributed by atoms with Crippen molar-refractivity contribution in [3.05, 3.63) is 60.2 Å². The molecule has 138 valence electrons. The van der Waals surface area contributed by atoms with Crippen LogP contribution < -0.4 is 22.1 Å². The summed E-state index contributed by atoms with van der Waals surface area (Å²) in [5.41, 5.74) is 13.5. The first kappa shape index (κ1) is 20.7. The molecular weight excluding hydrogens is 334 g/mol. The molecule has 0 heterocycles. The Hall–Kier alpha value is -3.39. The van der Waals surface area contributed by atoms with Gasteiger partial charge in [0.2, 0.25) is 5.91 Å². The van der Waals surface area contributed by atoms with Gasteiger partial charge in [-0.2, -0.15) is 0 Å². The largest absolute Gasteiger partial charge is 0.481 e. The third-order valence-electron chi connectivity index (χ3n) is 3.07. The van der Waals surface area contributed by atoms with Gasteiger partial charge >= 0.3 is 0 Å². The van der Waals surface area contributed by atoms with Gasteiger partial charge in [0.05, 0.1) is 6.04 Å². The van der Waals surface area contributed by atoms with Gasteiger partial charge in [-0.3, -0.25) is 15.0 Å². The fraction of sp³-hybridized carbons (Fsp3) is 0.167. The minimum Gasteiger partial charge on any atom is -0.481 e. The number of hydrogen-bond donors (Lipinski definition) is 6. The number of hydrogen-bond acceptors (Lipinski definition) is 4. The third-order valence-corrected chi connectivity index (χ3v) is 3.07. The molecule has 1 atom stereocenters. The Bertz CT molecular complexity index is 728. The van der Waals surface area contributed by atoms with Crippen molar-refractivity contribution in [3.8, 4) is 0 Å². The second-order valence-electron chi connectivity index (χ2n) is 5.42. The minimum absolute atomic E-state index is 0.137. The van der Waals surface area contributed by atoms with E-state index in [0.29, 0.717) is 17.8 Å². The number of rotatable bonds is 5. The first-order valence-corrected chi connectivity index (χ1v) is 7.79. The Morgan fingerprint density at radius 1 is 1.04 bits per heavy atom. The zero-order chi connectivity index (χ0) is 19.5. The highest BCUT2D eigenvalue weighted by Gasteiger charge is 2.14. The fourth-order valence-corrected chi connectivity index (χ4v) is 1.99. The molecule has 0 aliphatic rings. The summed E-state index contributed by atoms with van der Waals surface area (Å²) in [5.74, 6) is -1.21. The lowest BCUT2D eigenvalue weighted by atomic mass is 10.1. The van der Waals surface area contributed by atoms with Gasteiger partial charge < -0.3 is 27.2 Å². The number of carboxylic acids is 1. The van der Waals surface area contributed by atoms with Crippen LogP contribution in [0.2, 0.25) is 0 Å². The molecule has 2 aromatic rings. The lowest BCUT2D eigenvalue weighted by Gasteiger charge is -2.13. The van der Waals surface area contributed by atoms with E-state index in [9.17, 15) is 4.79 Å². The monoisotopic (exact) mass is 357 g/mol. The van der Waals surface area contributed by atoms with E-state index < -0.39 is 12.0 Å². The van der Waals surface area contributed by atoms with Gasteiger partial charge in [0, 0.05) is 18.3 Å². The summed E-state index contributed by atoms with van der Waals surface area (Å²) in [6.07, 6.45) is 0.483. The van der Waals surface area contributed by atoms with Gasteiger partial charge in [-0.05, 0) is 36.2 Å². The number of carbonyl (C=O) groups is 2. The molecule has 0 aromatic heterocycles. The standard InChI is InChI=1S/C16H19N5O.C2H4O2/c17-14(10-11-4-2-1-3-5-11)15(22)20-12-6-8-13(9-7-12)21-16(18)19;1-2(3)4/h1-9,14H,10,17H2,(H,20,22)(H4,18,19,21);1H3,(H,3,4)/t14-;/m0./s1. The molecule has 0 saturated heterocycles. The average Bonchev–Trinajstić information content (AvgIpc) is 2.56. The van der Waals surface area contributed by atoms with Crippen LogP contribution in [-0.2, 0) is 16.0 Å². The normalized spacial score (nSPS) is 10.7. The van der Waals surface area contributed by atoms with Crippen LogP contribution in [0, 0.1) is 5.41 Å². The molecule has 8 N–H and O–H groups in total. The lowest BCUT2D eigenvalue weighted by molar-refractivity contribution is -0.134. The van der Waals surface area contributed by atoms with Crippen LogP contribution in [0.25, 0.3) is 0 Å². The van der Waals surface area contributed by atoms with Gasteiger partial charge in [0.15, 0.2) is 5.96 Å². The lowest BCUT2D eigenvalue weighted by Crippen LogP contribution is -2.37. The topological polar surface area (TPSA) is 154 Å². The smallest absolute Gasteiger partial charge is 0.300 e. The highest BCUT2D eigenvalue weighted by atomic mass is 16.4. The SMILES string of the molecule is CC(=O)O.N=C(N)Nc1ccc(NC(=O)[C@@H](N)Cc2ccccc2)cc1. The molecule has 0 unspecified atom stereocenters. The second-order valence-corrected chi connectivity index (χ2v) is 5.42. The maximum Gasteiger partial charge on any atom is 0.300 e. The fourth-order valence-electron chi connectivity index (χ4n) is 1.99. The average molecular weight is 357 g/mol. The molecule has 0 spiro atoms. The van der Waals surface area contributed by atoms with E-state index in [4.69, 9.17) is 26.8 Å². The molecule has 8 nitrogen and oxygen atoms in total. The minimum atomic E-state index is -0.833. The highest BCUT2D eigenvalue weighted by Crippen LogP contribution is 2.13. The molecule has 0 fully saturated rings. The van der Waals surface area contributed by atoms with Crippen LogP contribution in [0.5, 0.6) is 0 Å². The molecule has 0 aliphatic carbocycles. The second kappa shape index (κ2) is 10.5. The van der Waals surface area contributed by atoms with Crippen molar-refractivity contribution in [2.75, 3.05) is 10.6 Å². The maximum absolute atomic E-state index is 12.1. The van der Waals surface area contributed by atoms with Gasteiger partial charge in [-0.1, -0.05) is 30.3 Å². The summed E-state index contributed by atoms with van der Waals surface area (Å²) in [5, 5.41) is 20.0. The predicted molar refractivity (Wildman–Crippen MR) is 102 cm³/mol. The molecule has 26 heavy (non-hydrogen) atoms. The van der Waals surface area contributed by atoms with Crippen molar-refractivity contribution < 1.29 is 14.7 Å². The molecule has 8 heteroatoms. The zero-order valence-corrected chi connectivity index (χ0v) is 14.4. The number of amides is 1. The maximum atomic E-state index is 12.1. The van der Waals surface area contributed by atoms with Crippen LogP contribution in [0.1, 0.15) is 12.5 Å². The molecule has 2 rings (SSSR count). The Labute approximate surface area is 151 Å². The quantitative estimate of drug-likeness (QED) is 0.353. The van der Waals surface area contributed by atoms with Crippen molar-refractivity contribution >= 4 is 29.2 Å². The summed E-state index contributed by atoms with van der Waals surface area (Å²) in [6, 6.07) is 15.9. The van der Waals surface area contributed by atoms with Gasteiger partial charge in [-0.25, -0.2) is 0 Å². The van der Waals surface area contributed by atoms with E-state index in [1.165, 1.54) is 0 Å². The number of nitrogens with two attached hydrogens (primary N) is 2. The third kappa shape index (κ3) is 8.46. The Kier molecular flexibility index (Phi) is 8.32. The van der Waals surface area contributed by atoms with Crippen LogP contribution in [-0.4, -0.2) is 29.0 Å². The van der Waals surface area contributed by atoms with Crippen LogP contribution in [0.3, 0.4) is 0 Å². The summed E-state index contributed by atoms with van der Waals surface area (Å²) in [7, 11) is 0. The zero-order valence-electron chi connectivity index (χ0n) is 14.4. The van der Waals surface area contributed by atoms with E-state index in [1.807, 2.05) is 30.3 Å². The summed E-state index contributed by atoms with van der Waals surface area (Å²) in [6.45, 7) is 1.08. The van der Waals surface area contributed by atoms with Gasteiger partial charge in [0.1, 0.15) is 0 Å². The number of nitrogens with one attached hydrogen (secondary N) is 3. The van der Waals surface area contributed by atoms with Gasteiger partial charge in [0.25, 0.3) is 5.97 Å². The Morgan fingerprint density at radius 3 is 1.96 bits per heavy atom. The predicted octanol–water partition coefficient (Wildman–Crippen LogP) is 1.59. The summed E-state index contributed by atoms with van der Waals surface area (Å²) in [4.78, 5) is 21.1. The van der Waals surface area contributed by atoms with Crippen LogP contribution >= 0.6 is 0 Å². The molecule has 0 bridgehead atoms. The van der Waals surface area contributed by atoms with Crippen molar-refractivity contribution in [1.29, 1.82) is 5.41 Å². The van der Waals surface area contributed by atoms with E-state index in [2.05, 4.69) is 10.6 Å². The first-order valence-electron chi connectivity index (χ1n) is 7.79. The molecule has 0 saturated carbocycles.